The predicted molar refractivity (Wildman–Crippen MR) is 18.1 cm³/mol. The number of halogens is 3. The normalized spacial score (nSPS) is 9.14. The van der Waals surface area contributed by atoms with E-state index < -0.39 is 20.4 Å². The van der Waals surface area contributed by atoms with Crippen molar-refractivity contribution in [3.05, 3.63) is 10.7 Å². The molecule has 0 aromatic heterocycles. The fourth-order valence-electron chi connectivity index (χ4n) is 0. The molecule has 0 aliphatic carbocycles. The van der Waals surface area contributed by atoms with Crippen molar-refractivity contribution < 1.29 is 26.2 Å². The van der Waals surface area contributed by atoms with Gasteiger partial charge in [0.25, 0.3) is 0 Å². The molecule has 0 heterocycles. The minimum atomic E-state index is -6.14. The Bertz CT molecular complexity index is 82.7. The second-order valence-electron chi connectivity index (χ2n) is 1.66. The fraction of sp³-hybridized carbons (Fsp3) is 0.333. The van der Waals surface area contributed by atoms with Gasteiger partial charge in [-0.1, -0.05) is 0 Å². The van der Waals surface area contributed by atoms with Gasteiger partial charge in [-0.3, -0.25) is 0 Å². The molecule has 0 spiro atoms. The van der Waals surface area contributed by atoms with E-state index in [1.54, 1.807) is 0 Å². The van der Waals surface area contributed by atoms with E-state index in [-0.39, 0.29) is 0 Å². The molecule has 0 amide bonds. The van der Waals surface area contributed by atoms with Crippen LogP contribution in [0.2, 0.25) is 0 Å². The Labute approximate surface area is 44.6 Å². The fourth-order valence-corrected chi connectivity index (χ4v) is 0. The van der Waals surface area contributed by atoms with Crippen molar-refractivity contribution in [2.75, 3.05) is 0 Å². The molecule has 0 unspecified atom stereocenters. The summed E-state index contributed by atoms with van der Waals surface area (Å²) in [5, 5.41) is 0. The topological polar surface area (TPSA) is 0 Å². The third kappa shape index (κ3) is 2.80. The first-order chi connectivity index (χ1) is 2.94. The Hall–Kier alpha value is 0.153. The first-order valence-corrected chi connectivity index (χ1v) is 6.86. The SMILES string of the molecule is C=[C](C)[Zn]([F])([F])[F]. The van der Waals surface area contributed by atoms with Gasteiger partial charge in [0, 0.05) is 0 Å². The van der Waals surface area contributed by atoms with Crippen LogP contribution in [0, 0.1) is 0 Å². The molecule has 0 N–H and O–H groups in total. The summed E-state index contributed by atoms with van der Waals surface area (Å²) >= 11 is -6.14. The van der Waals surface area contributed by atoms with Crippen LogP contribution in [0.4, 0.5) is 9.95 Å². The van der Waals surface area contributed by atoms with Gasteiger partial charge in [0.05, 0.1) is 0 Å². The zero-order valence-electron chi connectivity index (χ0n) is 4.05. The second kappa shape index (κ2) is 1.95. The zero-order valence-corrected chi connectivity index (χ0v) is 7.02. The molecule has 0 saturated carbocycles. The Morgan fingerprint density at radius 3 is 1.57 bits per heavy atom. The van der Waals surface area contributed by atoms with E-state index in [1.165, 1.54) is 0 Å². The molecule has 40 valence electrons. The second-order valence-corrected chi connectivity index (χ2v) is 7.15. The molecule has 7 heavy (non-hydrogen) atoms. The summed E-state index contributed by atoms with van der Waals surface area (Å²) < 4.78 is 33.4. The Morgan fingerprint density at radius 1 is 1.43 bits per heavy atom. The Kier molecular flexibility index (Phi) is 1.99. The van der Waals surface area contributed by atoms with Gasteiger partial charge in [0.2, 0.25) is 0 Å². The van der Waals surface area contributed by atoms with Gasteiger partial charge in [0.15, 0.2) is 0 Å². The minimum absolute atomic E-state index is 0.538. The molecule has 0 saturated heterocycles. The molecule has 0 aromatic carbocycles. The molecule has 4 heteroatoms. The first kappa shape index (κ1) is 7.15. The van der Waals surface area contributed by atoms with Crippen LogP contribution < -0.4 is 0 Å². The Morgan fingerprint density at radius 2 is 1.57 bits per heavy atom. The molecular formula is C3H5F3Zn. The van der Waals surface area contributed by atoms with E-state index in [4.69, 9.17) is 0 Å². The monoisotopic (exact) mass is 162 g/mol. The van der Waals surface area contributed by atoms with Gasteiger partial charge in [-0.25, -0.2) is 0 Å². The van der Waals surface area contributed by atoms with E-state index in [9.17, 15) is 9.95 Å². The van der Waals surface area contributed by atoms with E-state index in [1.807, 2.05) is 0 Å². The van der Waals surface area contributed by atoms with Crippen LogP contribution in [0.3, 0.4) is 0 Å². The van der Waals surface area contributed by atoms with Crippen molar-refractivity contribution >= 4 is 0 Å². The van der Waals surface area contributed by atoms with Gasteiger partial charge in [-0.15, -0.1) is 0 Å². The van der Waals surface area contributed by atoms with Crippen molar-refractivity contribution in [3.8, 4) is 0 Å². The van der Waals surface area contributed by atoms with Gasteiger partial charge in [-0.05, 0) is 0 Å². The summed E-state index contributed by atoms with van der Waals surface area (Å²) in [6.45, 7) is 3.83. The summed E-state index contributed by atoms with van der Waals surface area (Å²) in [5.41, 5.74) is 0. The first-order valence-electron chi connectivity index (χ1n) is 2.01. The van der Waals surface area contributed by atoms with Crippen LogP contribution >= 0.6 is 0 Å². The summed E-state index contributed by atoms with van der Waals surface area (Å²) in [7, 11) is 0. The molecule has 0 rings (SSSR count). The van der Waals surface area contributed by atoms with Crippen LogP contribution in [0.15, 0.2) is 10.7 Å². The van der Waals surface area contributed by atoms with Gasteiger partial charge >= 0.3 is 43.9 Å². The van der Waals surface area contributed by atoms with E-state index >= 15 is 0 Å². The van der Waals surface area contributed by atoms with Crippen LogP contribution in [0.1, 0.15) is 6.92 Å². The number of rotatable bonds is 1. The molecule has 0 aliphatic rings. The zero-order chi connectivity index (χ0) is 6.08. The number of hydrogen-bond donors (Lipinski definition) is 0. The molecule has 0 aliphatic heterocycles. The predicted octanol–water partition coefficient (Wildman–Crippen LogP) is 2.33. The molecule has 0 aromatic rings. The standard InChI is InChI=1S/C3H5.3FH.Zn/c1-3-2;;;;/h1H2,2H3;3*1H;/q;;;;+3/p-3. The summed E-state index contributed by atoms with van der Waals surface area (Å²) in [6, 6.07) is 0. The molecule has 0 radical (unpaired) electrons. The van der Waals surface area contributed by atoms with Crippen molar-refractivity contribution in [1.82, 2.24) is 0 Å². The summed E-state index contributed by atoms with van der Waals surface area (Å²) in [4.78, 5) is 0. The van der Waals surface area contributed by atoms with E-state index in [0.717, 1.165) is 6.92 Å². The molecule has 0 atom stereocenters. The average molecular weight is 163 g/mol. The van der Waals surface area contributed by atoms with Crippen LogP contribution in [-0.2, 0) is 16.3 Å². The maximum atomic E-state index is 11.3. The van der Waals surface area contributed by atoms with Crippen molar-refractivity contribution in [1.29, 1.82) is 0 Å². The molecule has 0 nitrogen and oxygen atoms in total. The van der Waals surface area contributed by atoms with Gasteiger partial charge in [0.1, 0.15) is 0 Å². The van der Waals surface area contributed by atoms with Crippen molar-refractivity contribution in [2.24, 2.45) is 0 Å². The third-order valence-electron chi connectivity index (χ3n) is 0.684. The summed E-state index contributed by atoms with van der Waals surface area (Å²) in [6.07, 6.45) is 0. The van der Waals surface area contributed by atoms with Crippen LogP contribution in [0.5, 0.6) is 0 Å². The van der Waals surface area contributed by atoms with Crippen molar-refractivity contribution in [2.45, 2.75) is 6.92 Å². The van der Waals surface area contributed by atoms with Crippen LogP contribution in [-0.4, -0.2) is 0 Å². The molecule has 0 bridgehead atoms. The van der Waals surface area contributed by atoms with Gasteiger partial charge in [-0.2, -0.15) is 0 Å². The van der Waals surface area contributed by atoms with Crippen molar-refractivity contribution in [3.63, 3.8) is 0 Å². The van der Waals surface area contributed by atoms with Crippen LogP contribution in [0.25, 0.3) is 0 Å². The Balaban J connectivity index is 3.79. The number of allylic oxidation sites excluding steroid dienone is 1. The van der Waals surface area contributed by atoms with E-state index in [0.29, 0.717) is 0 Å². The summed E-state index contributed by atoms with van der Waals surface area (Å²) in [5.74, 6) is 0. The number of hydrogen-bond acceptors (Lipinski definition) is 0. The van der Waals surface area contributed by atoms with E-state index in [2.05, 4.69) is 6.58 Å². The third-order valence-corrected chi connectivity index (χ3v) is 3.56. The maximum absolute atomic E-state index is 11.3. The quantitative estimate of drug-likeness (QED) is 0.521. The molecular weight excluding hydrogens is 158 g/mol. The van der Waals surface area contributed by atoms with Gasteiger partial charge < -0.3 is 0 Å². The average Bonchev–Trinajstić information content (AvgIpc) is 1.31. The molecule has 0 fully saturated rings.